The molecule has 10 heteroatoms. The van der Waals surface area contributed by atoms with Gasteiger partial charge in [0, 0.05) is 18.0 Å². The zero-order valence-electron chi connectivity index (χ0n) is 13.7. The van der Waals surface area contributed by atoms with Crippen LogP contribution in [0.4, 0.5) is 13.2 Å². The second kappa shape index (κ2) is 8.65. The number of aliphatic imine (C=N–C) groups is 1. The second-order valence-electron chi connectivity index (χ2n) is 4.84. The Hall–Kier alpha value is -2.36. The summed E-state index contributed by atoms with van der Waals surface area (Å²) in [6, 6.07) is 5.36. The molecular weight excluding hydrogens is 355 g/mol. The van der Waals surface area contributed by atoms with Crippen molar-refractivity contribution in [3.63, 3.8) is 0 Å². The minimum Gasteiger partial charge on any atom is -0.481 e. The van der Waals surface area contributed by atoms with E-state index in [1.54, 1.807) is 6.07 Å². The molecule has 0 saturated heterocycles. The summed E-state index contributed by atoms with van der Waals surface area (Å²) >= 11 is 0.951. The molecule has 0 saturated carbocycles. The van der Waals surface area contributed by atoms with E-state index >= 15 is 0 Å². The molecule has 25 heavy (non-hydrogen) atoms. The first-order valence-corrected chi connectivity index (χ1v) is 8.34. The highest BCUT2D eigenvalue weighted by Crippen LogP contribution is 2.29. The molecule has 136 valence electrons. The predicted octanol–water partition coefficient (Wildman–Crippen LogP) is 2.82. The molecule has 0 spiro atoms. The maximum absolute atomic E-state index is 12.6. The predicted molar refractivity (Wildman–Crippen MR) is 89.6 cm³/mol. The molecule has 2 aromatic heterocycles. The van der Waals surface area contributed by atoms with Gasteiger partial charge in [0.1, 0.15) is 5.01 Å². The molecule has 0 amide bonds. The summed E-state index contributed by atoms with van der Waals surface area (Å²) in [7, 11) is 1.53. The highest BCUT2D eigenvalue weighted by Gasteiger charge is 2.33. The summed E-state index contributed by atoms with van der Waals surface area (Å²) in [4.78, 5) is 12.2. The van der Waals surface area contributed by atoms with E-state index in [-0.39, 0.29) is 6.54 Å². The van der Waals surface area contributed by atoms with Gasteiger partial charge < -0.3 is 15.4 Å². The number of ether oxygens (including phenoxy) is 1. The number of methoxy groups -OCH3 is 1. The Bertz CT molecular complexity index is 717. The number of rotatable bonds is 6. The van der Waals surface area contributed by atoms with Crippen LogP contribution in [-0.4, -0.2) is 29.6 Å². The summed E-state index contributed by atoms with van der Waals surface area (Å²) in [6.45, 7) is 2.96. The van der Waals surface area contributed by atoms with Crippen molar-refractivity contribution in [3.05, 3.63) is 40.0 Å². The molecule has 2 heterocycles. The third-order valence-electron chi connectivity index (χ3n) is 2.98. The highest BCUT2D eigenvalue weighted by atomic mass is 32.1. The average Bonchev–Trinajstić information content (AvgIpc) is 3.07. The Morgan fingerprint density at radius 1 is 1.28 bits per heavy atom. The van der Waals surface area contributed by atoms with E-state index in [0.29, 0.717) is 35.6 Å². The number of hydrogen-bond donors (Lipinski definition) is 2. The molecule has 0 atom stereocenters. The topological polar surface area (TPSA) is 71.4 Å². The zero-order valence-corrected chi connectivity index (χ0v) is 14.5. The van der Waals surface area contributed by atoms with Gasteiger partial charge in [0.2, 0.25) is 5.88 Å². The van der Waals surface area contributed by atoms with Crippen LogP contribution in [0.2, 0.25) is 0 Å². The fourth-order valence-electron chi connectivity index (χ4n) is 1.84. The van der Waals surface area contributed by atoms with E-state index in [4.69, 9.17) is 4.74 Å². The number of guanidine groups is 1. The largest absolute Gasteiger partial charge is 0.481 e. The Kier molecular flexibility index (Phi) is 6.57. The number of nitrogens with one attached hydrogen (secondary N) is 2. The van der Waals surface area contributed by atoms with Crippen molar-refractivity contribution in [2.75, 3.05) is 13.7 Å². The minimum absolute atomic E-state index is 0.151. The van der Waals surface area contributed by atoms with Crippen molar-refractivity contribution >= 4 is 17.3 Å². The van der Waals surface area contributed by atoms with Crippen molar-refractivity contribution in [2.24, 2.45) is 4.99 Å². The summed E-state index contributed by atoms with van der Waals surface area (Å²) < 4.78 is 42.7. The smallest absolute Gasteiger partial charge is 0.434 e. The van der Waals surface area contributed by atoms with E-state index in [9.17, 15) is 13.2 Å². The molecule has 0 unspecified atom stereocenters. The van der Waals surface area contributed by atoms with Gasteiger partial charge in [-0.1, -0.05) is 6.07 Å². The lowest BCUT2D eigenvalue weighted by atomic mass is 10.3. The van der Waals surface area contributed by atoms with E-state index in [1.165, 1.54) is 7.11 Å². The van der Waals surface area contributed by atoms with Gasteiger partial charge in [0.25, 0.3) is 0 Å². The van der Waals surface area contributed by atoms with Gasteiger partial charge in [-0.3, -0.25) is 0 Å². The first-order valence-electron chi connectivity index (χ1n) is 7.46. The summed E-state index contributed by atoms with van der Waals surface area (Å²) in [5, 5.41) is 7.32. The normalized spacial score (nSPS) is 12.1. The number of alkyl halides is 3. The SMILES string of the molecule is CCNC(=NCc1cccc(OC)n1)NCc1nc(C(F)(F)F)cs1. The summed E-state index contributed by atoms with van der Waals surface area (Å²) in [6.07, 6.45) is -4.43. The van der Waals surface area contributed by atoms with Gasteiger partial charge in [0.15, 0.2) is 11.7 Å². The van der Waals surface area contributed by atoms with Gasteiger partial charge in [-0.2, -0.15) is 13.2 Å². The average molecular weight is 373 g/mol. The van der Waals surface area contributed by atoms with Crippen LogP contribution >= 0.6 is 11.3 Å². The third kappa shape index (κ3) is 5.89. The lowest BCUT2D eigenvalue weighted by molar-refractivity contribution is -0.140. The third-order valence-corrected chi connectivity index (χ3v) is 3.83. The standard InChI is InChI=1S/C15H18F3N5OS/c1-3-19-14(20-7-10-5-4-6-12(22-10)24-2)21-8-13-23-11(9-25-13)15(16,17)18/h4-6,9H,3,7-8H2,1-2H3,(H2,19,20,21). The fraction of sp³-hybridized carbons (Fsp3) is 0.400. The van der Waals surface area contributed by atoms with Crippen LogP contribution in [0.5, 0.6) is 5.88 Å². The maximum atomic E-state index is 12.6. The molecule has 2 rings (SSSR count). The van der Waals surface area contributed by atoms with Crippen molar-refractivity contribution in [1.29, 1.82) is 0 Å². The molecule has 0 aliphatic heterocycles. The molecule has 0 aromatic carbocycles. The van der Waals surface area contributed by atoms with Crippen LogP contribution in [-0.2, 0) is 19.3 Å². The van der Waals surface area contributed by atoms with E-state index in [2.05, 4.69) is 25.6 Å². The second-order valence-corrected chi connectivity index (χ2v) is 5.79. The van der Waals surface area contributed by atoms with Crippen LogP contribution < -0.4 is 15.4 Å². The highest BCUT2D eigenvalue weighted by molar-refractivity contribution is 7.09. The molecular formula is C15H18F3N5OS. The quantitative estimate of drug-likeness (QED) is 0.602. The number of pyridine rings is 1. The van der Waals surface area contributed by atoms with E-state index < -0.39 is 11.9 Å². The monoisotopic (exact) mass is 373 g/mol. The van der Waals surface area contributed by atoms with Crippen LogP contribution in [0.15, 0.2) is 28.6 Å². The van der Waals surface area contributed by atoms with Gasteiger partial charge in [-0.25, -0.2) is 15.0 Å². The first-order chi connectivity index (χ1) is 11.9. The van der Waals surface area contributed by atoms with Crippen molar-refractivity contribution in [3.8, 4) is 5.88 Å². The van der Waals surface area contributed by atoms with E-state index in [0.717, 1.165) is 16.7 Å². The number of hydrogen-bond acceptors (Lipinski definition) is 5. The van der Waals surface area contributed by atoms with Crippen molar-refractivity contribution in [1.82, 2.24) is 20.6 Å². The molecule has 0 aliphatic rings. The first kappa shape index (κ1) is 19.0. The fourth-order valence-corrected chi connectivity index (χ4v) is 2.58. The summed E-state index contributed by atoms with van der Waals surface area (Å²) in [5.74, 6) is 0.962. The Morgan fingerprint density at radius 3 is 2.72 bits per heavy atom. The number of nitrogens with zero attached hydrogens (tertiary/aromatic N) is 3. The number of aromatic nitrogens is 2. The van der Waals surface area contributed by atoms with Crippen LogP contribution in [0.25, 0.3) is 0 Å². The number of thiazole rings is 1. The lowest BCUT2D eigenvalue weighted by Gasteiger charge is -2.10. The molecule has 0 bridgehead atoms. The van der Waals surface area contributed by atoms with Crippen LogP contribution in [0.1, 0.15) is 23.3 Å². The van der Waals surface area contributed by atoms with Crippen molar-refractivity contribution < 1.29 is 17.9 Å². The lowest BCUT2D eigenvalue weighted by Crippen LogP contribution is -2.36. The molecule has 2 N–H and O–H groups in total. The van der Waals surface area contributed by atoms with Crippen LogP contribution in [0, 0.1) is 0 Å². The molecule has 0 aliphatic carbocycles. The molecule has 2 aromatic rings. The van der Waals surface area contributed by atoms with Crippen molar-refractivity contribution in [2.45, 2.75) is 26.2 Å². The molecule has 0 radical (unpaired) electrons. The minimum atomic E-state index is -4.43. The van der Waals surface area contributed by atoms with Gasteiger partial charge >= 0.3 is 6.18 Å². The zero-order chi connectivity index (χ0) is 18.3. The molecule has 0 fully saturated rings. The van der Waals surface area contributed by atoms with E-state index in [1.807, 2.05) is 19.1 Å². The van der Waals surface area contributed by atoms with Gasteiger partial charge in [-0.15, -0.1) is 11.3 Å². The summed E-state index contributed by atoms with van der Waals surface area (Å²) in [5.41, 5.74) is -0.165. The van der Waals surface area contributed by atoms with Gasteiger partial charge in [-0.05, 0) is 13.0 Å². The Balaban J connectivity index is 1.98. The number of halogens is 3. The Morgan fingerprint density at radius 2 is 2.08 bits per heavy atom. The van der Waals surface area contributed by atoms with Gasteiger partial charge in [0.05, 0.1) is 25.9 Å². The van der Waals surface area contributed by atoms with Crippen LogP contribution in [0.3, 0.4) is 0 Å². The Labute approximate surface area is 147 Å². The molecule has 6 nitrogen and oxygen atoms in total. The maximum Gasteiger partial charge on any atom is 0.434 e.